The molecule has 0 saturated heterocycles. The topological polar surface area (TPSA) is 90.8 Å². The number of amides is 1. The molecule has 3 heterocycles. The van der Waals surface area contributed by atoms with Crippen molar-refractivity contribution < 1.29 is 18.0 Å². The molecule has 4 aromatic rings. The first-order valence-corrected chi connectivity index (χ1v) is 9.87. The number of hydrogen-bond acceptors (Lipinski definition) is 5. The minimum atomic E-state index is -2.74. The Labute approximate surface area is 183 Å². The number of anilines is 1. The molecule has 0 saturated carbocycles. The smallest absolute Gasteiger partial charge is 0.284 e. The van der Waals surface area contributed by atoms with E-state index in [1.807, 2.05) is 44.4 Å². The summed E-state index contributed by atoms with van der Waals surface area (Å²) in [6, 6.07) is 7.47. The van der Waals surface area contributed by atoms with Gasteiger partial charge in [0.15, 0.2) is 5.69 Å². The Kier molecular flexibility index (Phi) is 7.14. The van der Waals surface area contributed by atoms with Crippen LogP contribution in [0, 0.1) is 6.92 Å². The molecule has 0 radical (unpaired) electrons. The average molecular weight is 442 g/mol. The van der Waals surface area contributed by atoms with E-state index in [2.05, 4.69) is 34.3 Å². The Morgan fingerprint density at radius 1 is 1.16 bits per heavy atom. The standard InChI is InChI=1S/C14H15F2N3O.C8H9N3O/c1-9(2)10-3-5-11(6-4-10)19-7-12(17-8-20)13(18-19)14(15)16;1-6-5-12-8(10-6)7-3-9-11(2)4-7/h3-9,14H,1-2H3,(H,17,20);3-5H,1-2H3. The highest BCUT2D eigenvalue weighted by Crippen LogP contribution is 2.27. The van der Waals surface area contributed by atoms with E-state index in [1.165, 1.54) is 10.9 Å². The normalized spacial score (nSPS) is 10.9. The van der Waals surface area contributed by atoms with Crippen LogP contribution in [0.5, 0.6) is 0 Å². The summed E-state index contributed by atoms with van der Waals surface area (Å²) < 4.78 is 33.9. The predicted octanol–water partition coefficient (Wildman–Crippen LogP) is 4.89. The molecular formula is C22H24F2N6O2. The zero-order valence-electron chi connectivity index (χ0n) is 18.2. The summed E-state index contributed by atoms with van der Waals surface area (Å²) in [5.41, 5.74) is 3.18. The first-order chi connectivity index (χ1) is 15.3. The van der Waals surface area contributed by atoms with E-state index >= 15 is 0 Å². The molecule has 0 atom stereocenters. The van der Waals surface area contributed by atoms with E-state index in [4.69, 9.17) is 4.42 Å². The van der Waals surface area contributed by atoms with Gasteiger partial charge in [0, 0.05) is 13.2 Å². The number of halogens is 2. The monoisotopic (exact) mass is 442 g/mol. The van der Waals surface area contributed by atoms with Crippen molar-refractivity contribution in [3.8, 4) is 17.1 Å². The van der Waals surface area contributed by atoms with Crippen molar-refractivity contribution in [2.24, 2.45) is 7.05 Å². The maximum absolute atomic E-state index is 12.8. The average Bonchev–Trinajstić information content (AvgIpc) is 3.49. The molecule has 168 valence electrons. The molecule has 3 aromatic heterocycles. The second-order valence-electron chi connectivity index (χ2n) is 7.38. The van der Waals surface area contributed by atoms with Crippen LogP contribution in [-0.4, -0.2) is 31.0 Å². The highest BCUT2D eigenvalue weighted by Gasteiger charge is 2.18. The van der Waals surface area contributed by atoms with E-state index in [-0.39, 0.29) is 5.69 Å². The summed E-state index contributed by atoms with van der Waals surface area (Å²) in [6.07, 6.45) is 4.21. The Bertz CT molecular complexity index is 1120. The molecule has 8 nitrogen and oxygen atoms in total. The summed E-state index contributed by atoms with van der Waals surface area (Å²) in [6.45, 7) is 6.04. The molecule has 0 spiro atoms. The lowest BCUT2D eigenvalue weighted by molar-refractivity contribution is -0.105. The van der Waals surface area contributed by atoms with Crippen LogP contribution in [0.4, 0.5) is 14.5 Å². The van der Waals surface area contributed by atoms with E-state index in [0.717, 1.165) is 16.8 Å². The van der Waals surface area contributed by atoms with Crippen LogP contribution in [-0.2, 0) is 11.8 Å². The maximum Gasteiger partial charge on any atom is 0.284 e. The summed E-state index contributed by atoms with van der Waals surface area (Å²) in [7, 11) is 1.86. The first-order valence-electron chi connectivity index (χ1n) is 9.87. The molecule has 1 amide bonds. The number of aromatic nitrogens is 5. The van der Waals surface area contributed by atoms with Gasteiger partial charge in [0.25, 0.3) is 6.43 Å². The van der Waals surface area contributed by atoms with Gasteiger partial charge in [0.1, 0.15) is 6.26 Å². The van der Waals surface area contributed by atoms with Gasteiger partial charge in [-0.1, -0.05) is 26.0 Å². The number of rotatable bonds is 6. The predicted molar refractivity (Wildman–Crippen MR) is 116 cm³/mol. The quantitative estimate of drug-likeness (QED) is 0.430. The Morgan fingerprint density at radius 3 is 2.38 bits per heavy atom. The molecule has 1 aromatic carbocycles. The highest BCUT2D eigenvalue weighted by molar-refractivity contribution is 5.72. The third kappa shape index (κ3) is 5.45. The van der Waals surface area contributed by atoms with E-state index in [0.29, 0.717) is 23.9 Å². The fourth-order valence-electron chi connectivity index (χ4n) is 2.89. The van der Waals surface area contributed by atoms with Crippen molar-refractivity contribution in [2.75, 3.05) is 5.32 Å². The highest BCUT2D eigenvalue weighted by atomic mass is 19.3. The van der Waals surface area contributed by atoms with Crippen molar-refractivity contribution >= 4 is 12.1 Å². The SMILES string of the molecule is CC(C)c1ccc(-n2cc(NC=O)c(C(F)F)n2)cc1.Cc1coc(-c2cnn(C)c2)n1. The molecule has 0 aliphatic carbocycles. The van der Waals surface area contributed by atoms with Crippen molar-refractivity contribution in [2.45, 2.75) is 33.1 Å². The summed E-state index contributed by atoms with van der Waals surface area (Å²) >= 11 is 0. The molecule has 0 fully saturated rings. The van der Waals surface area contributed by atoms with Gasteiger partial charge in [-0.05, 0) is 30.5 Å². The first kappa shape index (κ1) is 22.9. The zero-order chi connectivity index (χ0) is 23.3. The number of benzene rings is 1. The van der Waals surface area contributed by atoms with Gasteiger partial charge < -0.3 is 9.73 Å². The van der Waals surface area contributed by atoms with Gasteiger partial charge in [0.05, 0.1) is 35.0 Å². The molecule has 32 heavy (non-hydrogen) atoms. The van der Waals surface area contributed by atoms with Crippen LogP contribution in [0.2, 0.25) is 0 Å². The number of carbonyl (C=O) groups is 1. The summed E-state index contributed by atoms with van der Waals surface area (Å²) in [4.78, 5) is 14.6. The fraction of sp³-hybridized carbons (Fsp3) is 0.273. The van der Waals surface area contributed by atoms with Crippen LogP contribution in [0.1, 0.15) is 43.1 Å². The van der Waals surface area contributed by atoms with Crippen LogP contribution >= 0.6 is 0 Å². The Hall–Kier alpha value is -3.82. The summed E-state index contributed by atoms with van der Waals surface area (Å²) in [5.74, 6) is 1.02. The van der Waals surface area contributed by atoms with Crippen molar-refractivity contribution in [3.05, 3.63) is 66.1 Å². The lowest BCUT2D eigenvalue weighted by Crippen LogP contribution is -1.98. The van der Waals surface area contributed by atoms with Crippen LogP contribution < -0.4 is 5.32 Å². The fourth-order valence-corrected chi connectivity index (χ4v) is 2.89. The summed E-state index contributed by atoms with van der Waals surface area (Å²) in [5, 5.41) is 10.1. The van der Waals surface area contributed by atoms with Gasteiger partial charge >= 0.3 is 0 Å². The number of nitrogens with one attached hydrogen (secondary N) is 1. The molecule has 10 heteroatoms. The van der Waals surface area contributed by atoms with Gasteiger partial charge in [-0.15, -0.1) is 0 Å². The number of carbonyl (C=O) groups excluding carboxylic acids is 1. The van der Waals surface area contributed by atoms with Gasteiger partial charge in [-0.3, -0.25) is 9.48 Å². The van der Waals surface area contributed by atoms with Gasteiger partial charge in [0.2, 0.25) is 12.3 Å². The largest absolute Gasteiger partial charge is 0.444 e. The molecule has 0 bridgehead atoms. The maximum atomic E-state index is 12.8. The second-order valence-corrected chi connectivity index (χ2v) is 7.38. The van der Waals surface area contributed by atoms with Crippen LogP contribution in [0.15, 0.2) is 53.5 Å². The molecule has 0 aliphatic heterocycles. The Morgan fingerprint density at radius 2 is 1.88 bits per heavy atom. The lowest BCUT2D eigenvalue weighted by Gasteiger charge is -2.06. The van der Waals surface area contributed by atoms with Crippen LogP contribution in [0.25, 0.3) is 17.1 Å². The Balaban J connectivity index is 0.000000204. The van der Waals surface area contributed by atoms with E-state index in [9.17, 15) is 13.6 Å². The van der Waals surface area contributed by atoms with Gasteiger partial charge in [-0.2, -0.15) is 10.2 Å². The van der Waals surface area contributed by atoms with Crippen molar-refractivity contribution in [1.29, 1.82) is 0 Å². The van der Waals surface area contributed by atoms with Gasteiger partial charge in [-0.25, -0.2) is 18.4 Å². The molecular weight excluding hydrogens is 418 g/mol. The number of alkyl halides is 2. The van der Waals surface area contributed by atoms with E-state index < -0.39 is 12.1 Å². The number of nitrogens with zero attached hydrogens (tertiary/aromatic N) is 5. The minimum absolute atomic E-state index is 0.0166. The second kappa shape index (κ2) is 9.99. The van der Waals surface area contributed by atoms with Crippen molar-refractivity contribution in [3.63, 3.8) is 0 Å². The van der Waals surface area contributed by atoms with Crippen LogP contribution in [0.3, 0.4) is 0 Å². The third-order valence-corrected chi connectivity index (χ3v) is 4.56. The number of oxazole rings is 1. The minimum Gasteiger partial charge on any atom is -0.444 e. The number of aryl methyl sites for hydroxylation is 2. The number of hydrogen-bond donors (Lipinski definition) is 1. The molecule has 0 aliphatic rings. The third-order valence-electron chi connectivity index (χ3n) is 4.56. The van der Waals surface area contributed by atoms with E-state index in [1.54, 1.807) is 17.1 Å². The molecule has 4 rings (SSSR count). The van der Waals surface area contributed by atoms with Crippen molar-refractivity contribution in [1.82, 2.24) is 24.5 Å². The lowest BCUT2D eigenvalue weighted by atomic mass is 10.0. The zero-order valence-corrected chi connectivity index (χ0v) is 18.2. The molecule has 0 unspecified atom stereocenters. The molecule has 1 N–H and O–H groups in total.